The minimum atomic E-state index is -0.449. The van der Waals surface area contributed by atoms with Crippen molar-refractivity contribution in [3.8, 4) is 11.5 Å². The maximum atomic E-state index is 12.4. The zero-order valence-electron chi connectivity index (χ0n) is 17.9. The van der Waals surface area contributed by atoms with Crippen molar-refractivity contribution in [3.05, 3.63) is 92.1 Å². The van der Waals surface area contributed by atoms with Crippen molar-refractivity contribution in [1.29, 1.82) is 0 Å². The normalized spacial score (nSPS) is 11.2. The summed E-state index contributed by atoms with van der Waals surface area (Å²) >= 11 is 6.86. The molecule has 0 atom stereocenters. The van der Waals surface area contributed by atoms with Crippen molar-refractivity contribution in [1.82, 2.24) is 5.43 Å². The second kappa shape index (κ2) is 10.2. The number of nitrogens with zero attached hydrogens (tertiary/aromatic N) is 1. The number of aryl methyl sites for hydroxylation is 1. The molecule has 0 aliphatic rings. The fraction of sp³-hybridized carbons (Fsp3) is 0.120. The van der Waals surface area contributed by atoms with E-state index in [0.29, 0.717) is 23.7 Å². The fourth-order valence-corrected chi connectivity index (χ4v) is 4.48. The summed E-state index contributed by atoms with van der Waals surface area (Å²) in [7, 11) is 1.58. The standard InChI is InChI=1S/C25H20Br2N2O4/c1-15-3-5-16(6-4-15)14-32-21-8-7-17(9-22(21)31-2)13-28-29-25(30)23-11-18-10-19(26)12-20(27)24(18)33-23/h3-13H,14H2,1-2H3,(H,29,30)/b28-13-. The lowest BCUT2D eigenvalue weighted by atomic mass is 10.2. The average molecular weight is 572 g/mol. The lowest BCUT2D eigenvalue weighted by Gasteiger charge is -2.11. The molecule has 4 aromatic rings. The Morgan fingerprint density at radius 3 is 2.61 bits per heavy atom. The molecule has 0 saturated carbocycles. The Hall–Kier alpha value is -3.10. The Morgan fingerprint density at radius 2 is 1.85 bits per heavy atom. The van der Waals surface area contributed by atoms with E-state index in [2.05, 4.69) is 42.4 Å². The number of ether oxygens (including phenoxy) is 2. The number of furan rings is 1. The maximum absolute atomic E-state index is 12.4. The van der Waals surface area contributed by atoms with E-state index in [9.17, 15) is 4.79 Å². The third kappa shape index (κ3) is 5.64. The van der Waals surface area contributed by atoms with E-state index in [0.717, 1.165) is 25.5 Å². The topological polar surface area (TPSA) is 73.1 Å². The molecule has 1 heterocycles. The summed E-state index contributed by atoms with van der Waals surface area (Å²) in [4.78, 5) is 12.4. The molecular formula is C25H20Br2N2O4. The van der Waals surface area contributed by atoms with Crippen LogP contribution in [0.1, 0.15) is 27.2 Å². The molecule has 0 aliphatic carbocycles. The van der Waals surface area contributed by atoms with Gasteiger partial charge in [-0.15, -0.1) is 0 Å². The van der Waals surface area contributed by atoms with Crippen molar-refractivity contribution in [2.75, 3.05) is 7.11 Å². The van der Waals surface area contributed by atoms with Gasteiger partial charge in [0.15, 0.2) is 17.3 Å². The number of hydrazone groups is 1. The highest BCUT2D eigenvalue weighted by atomic mass is 79.9. The van der Waals surface area contributed by atoms with Crippen LogP contribution in [0.15, 0.2) is 79.1 Å². The molecule has 8 heteroatoms. The van der Waals surface area contributed by atoms with E-state index in [-0.39, 0.29) is 5.76 Å². The van der Waals surface area contributed by atoms with Gasteiger partial charge in [-0.2, -0.15) is 5.10 Å². The molecule has 6 nitrogen and oxygen atoms in total. The van der Waals surface area contributed by atoms with Crippen molar-refractivity contribution in [2.24, 2.45) is 5.10 Å². The molecule has 0 unspecified atom stereocenters. The maximum Gasteiger partial charge on any atom is 0.307 e. The molecule has 0 fully saturated rings. The van der Waals surface area contributed by atoms with Crippen molar-refractivity contribution in [3.63, 3.8) is 0 Å². The zero-order chi connectivity index (χ0) is 23.4. The first kappa shape index (κ1) is 23.1. The molecule has 4 rings (SSSR count). The van der Waals surface area contributed by atoms with Gasteiger partial charge < -0.3 is 13.9 Å². The molecular weight excluding hydrogens is 552 g/mol. The number of amides is 1. The Morgan fingerprint density at radius 1 is 1.06 bits per heavy atom. The number of halogens is 2. The first-order valence-electron chi connectivity index (χ1n) is 10.0. The number of carbonyl (C=O) groups is 1. The SMILES string of the molecule is COc1cc(/C=N\NC(=O)c2cc3cc(Br)cc(Br)c3o2)ccc1OCc1ccc(C)cc1. The van der Waals surface area contributed by atoms with Crippen LogP contribution in [0.4, 0.5) is 0 Å². The van der Waals surface area contributed by atoms with Gasteiger partial charge in [0.2, 0.25) is 0 Å². The highest BCUT2D eigenvalue weighted by Gasteiger charge is 2.14. The van der Waals surface area contributed by atoms with Crippen LogP contribution in [0.2, 0.25) is 0 Å². The molecule has 1 N–H and O–H groups in total. The van der Waals surface area contributed by atoms with Gasteiger partial charge in [-0.25, -0.2) is 5.43 Å². The van der Waals surface area contributed by atoms with Gasteiger partial charge in [-0.05, 0) is 70.4 Å². The smallest absolute Gasteiger partial charge is 0.307 e. The molecule has 1 amide bonds. The Bertz CT molecular complexity index is 1330. The lowest BCUT2D eigenvalue weighted by Crippen LogP contribution is -2.16. The van der Waals surface area contributed by atoms with Crippen LogP contribution in [0.25, 0.3) is 11.0 Å². The molecule has 0 bridgehead atoms. The number of methoxy groups -OCH3 is 1. The van der Waals surface area contributed by atoms with Crippen LogP contribution >= 0.6 is 31.9 Å². The van der Waals surface area contributed by atoms with Crippen LogP contribution in [0.3, 0.4) is 0 Å². The largest absolute Gasteiger partial charge is 0.493 e. The predicted molar refractivity (Wildman–Crippen MR) is 135 cm³/mol. The van der Waals surface area contributed by atoms with E-state index < -0.39 is 5.91 Å². The molecule has 0 saturated heterocycles. The monoisotopic (exact) mass is 570 g/mol. The second-order valence-corrected chi connectivity index (χ2v) is 9.07. The highest BCUT2D eigenvalue weighted by Crippen LogP contribution is 2.31. The van der Waals surface area contributed by atoms with E-state index in [4.69, 9.17) is 13.9 Å². The van der Waals surface area contributed by atoms with Crippen molar-refractivity contribution >= 4 is 55.0 Å². The molecule has 33 heavy (non-hydrogen) atoms. The molecule has 1 aromatic heterocycles. The number of carbonyl (C=O) groups excluding carboxylic acids is 1. The molecule has 3 aromatic carbocycles. The lowest BCUT2D eigenvalue weighted by molar-refractivity contribution is 0.0929. The molecule has 168 valence electrons. The first-order valence-corrected chi connectivity index (χ1v) is 11.6. The van der Waals surface area contributed by atoms with Gasteiger partial charge in [-0.1, -0.05) is 45.8 Å². The number of benzene rings is 3. The van der Waals surface area contributed by atoms with Crippen LogP contribution < -0.4 is 14.9 Å². The van der Waals surface area contributed by atoms with E-state index >= 15 is 0 Å². The van der Waals surface area contributed by atoms with Gasteiger partial charge in [0.1, 0.15) is 12.2 Å². The van der Waals surface area contributed by atoms with Crippen LogP contribution in [0.5, 0.6) is 11.5 Å². The summed E-state index contributed by atoms with van der Waals surface area (Å²) in [6.07, 6.45) is 1.53. The number of fused-ring (bicyclic) bond motifs is 1. The van der Waals surface area contributed by atoms with E-state index in [1.165, 1.54) is 11.8 Å². The summed E-state index contributed by atoms with van der Waals surface area (Å²) in [5, 5.41) is 4.84. The zero-order valence-corrected chi connectivity index (χ0v) is 21.1. The van der Waals surface area contributed by atoms with Crippen LogP contribution in [0, 0.1) is 6.92 Å². The summed E-state index contributed by atoms with van der Waals surface area (Å²) in [5.41, 5.74) is 6.09. The Balaban J connectivity index is 1.41. The number of nitrogens with one attached hydrogen (secondary N) is 1. The number of hydrogen-bond donors (Lipinski definition) is 1. The average Bonchev–Trinajstić information content (AvgIpc) is 3.23. The molecule has 0 spiro atoms. The minimum Gasteiger partial charge on any atom is -0.493 e. The van der Waals surface area contributed by atoms with Crippen LogP contribution in [-0.4, -0.2) is 19.2 Å². The summed E-state index contributed by atoms with van der Waals surface area (Å²) < 4.78 is 18.6. The molecule has 0 aliphatic heterocycles. The van der Waals surface area contributed by atoms with Crippen molar-refractivity contribution < 1.29 is 18.7 Å². The van der Waals surface area contributed by atoms with Gasteiger partial charge in [-0.3, -0.25) is 4.79 Å². The Kier molecular flexibility index (Phi) is 7.15. The van der Waals surface area contributed by atoms with Crippen LogP contribution in [-0.2, 0) is 6.61 Å². The first-order chi connectivity index (χ1) is 15.9. The number of rotatable bonds is 7. The minimum absolute atomic E-state index is 0.165. The van der Waals surface area contributed by atoms with Crippen molar-refractivity contribution in [2.45, 2.75) is 13.5 Å². The third-order valence-corrected chi connectivity index (χ3v) is 5.89. The van der Waals surface area contributed by atoms with E-state index in [1.807, 2.05) is 55.5 Å². The predicted octanol–water partition coefficient (Wildman–Crippen LogP) is 6.62. The summed E-state index contributed by atoms with van der Waals surface area (Å²) in [6.45, 7) is 2.48. The molecule has 0 radical (unpaired) electrons. The second-order valence-electron chi connectivity index (χ2n) is 7.30. The van der Waals surface area contributed by atoms with Gasteiger partial charge >= 0.3 is 5.91 Å². The summed E-state index contributed by atoms with van der Waals surface area (Å²) in [5.74, 6) is 0.914. The highest BCUT2D eigenvalue weighted by molar-refractivity contribution is 9.11. The van der Waals surface area contributed by atoms with E-state index in [1.54, 1.807) is 19.2 Å². The van der Waals surface area contributed by atoms with Gasteiger partial charge in [0.05, 0.1) is 17.8 Å². The summed E-state index contributed by atoms with van der Waals surface area (Å²) in [6, 6.07) is 19.0. The Labute approximate surface area is 207 Å². The number of hydrogen-bond acceptors (Lipinski definition) is 5. The quantitative estimate of drug-likeness (QED) is 0.200. The third-order valence-electron chi connectivity index (χ3n) is 4.84. The van der Waals surface area contributed by atoms with Gasteiger partial charge in [0, 0.05) is 9.86 Å². The fourth-order valence-electron chi connectivity index (χ4n) is 3.14. The van der Waals surface area contributed by atoms with Gasteiger partial charge in [0.25, 0.3) is 0 Å².